The lowest BCUT2D eigenvalue weighted by molar-refractivity contribution is -0.123. The zero-order chi connectivity index (χ0) is 103. The number of aliphatic hydroxyl groups excluding tert-OH is 1. The van der Waals surface area contributed by atoms with Crippen LogP contribution in [0.4, 0.5) is 51.3 Å². The van der Waals surface area contributed by atoms with Crippen LogP contribution >= 0.6 is 0 Å². The third kappa shape index (κ3) is 25.8. The van der Waals surface area contributed by atoms with Crippen molar-refractivity contribution in [2.45, 2.75) is 152 Å². The molecule has 11 aromatic rings. The Hall–Kier alpha value is -15.0. The van der Waals surface area contributed by atoms with Gasteiger partial charge in [0.25, 0.3) is 29.6 Å². The molecule has 0 bridgehead atoms. The number of pyridine rings is 4. The number of aromatic amines is 2. The minimum Gasteiger partial charge on any atom is -0.496 e. The van der Waals surface area contributed by atoms with E-state index in [4.69, 9.17) is 56.3 Å². The number of rotatable bonds is 34. The van der Waals surface area contributed by atoms with E-state index >= 15 is 0 Å². The number of terminal acetylenes is 1. The first kappa shape index (κ1) is 103. The predicted molar refractivity (Wildman–Crippen MR) is 531 cm³/mol. The maximum absolute atomic E-state index is 13.3. The number of methoxy groups -OCH3 is 2. The zero-order valence-corrected chi connectivity index (χ0v) is 82.8. The molecule has 16 heterocycles. The Balaban J connectivity index is 0.000000129. The summed E-state index contributed by atoms with van der Waals surface area (Å²) in [7, 11) is 5.13. The topological polar surface area (TPSA) is 524 Å². The fraction of sp³-hybridized carbons (Fsp3) is 0.515. The Labute approximate surface area is 849 Å². The summed E-state index contributed by atoms with van der Waals surface area (Å²) in [6.07, 6.45) is 27.9. The van der Waals surface area contributed by atoms with Crippen molar-refractivity contribution in [3.05, 3.63) is 144 Å². The number of hydrogen-bond donors (Lipinski definition) is 8. The zero-order valence-electron chi connectivity index (χ0n) is 82.8. The summed E-state index contributed by atoms with van der Waals surface area (Å²) in [6, 6.07) is 17.0. The molecule has 9 fully saturated rings. The smallest absolute Gasteiger partial charge is 0.405 e. The number of nitriles is 1. The molecule has 148 heavy (non-hydrogen) atoms. The molecule has 5 atom stereocenters. The van der Waals surface area contributed by atoms with E-state index in [1.54, 1.807) is 68.4 Å². The summed E-state index contributed by atoms with van der Waals surface area (Å²) in [5.41, 5.74) is 21.1. The molecule has 0 radical (unpaired) electrons. The highest BCUT2D eigenvalue weighted by molar-refractivity contribution is 5.95. The van der Waals surface area contributed by atoms with Gasteiger partial charge in [-0.2, -0.15) is 73.4 Å². The van der Waals surface area contributed by atoms with Gasteiger partial charge in [-0.1, -0.05) is 18.1 Å². The number of alkyl halides is 5. The van der Waals surface area contributed by atoms with E-state index in [-0.39, 0.29) is 115 Å². The molecular formula is C101H119F5N30O12. The molecule has 0 unspecified atom stereocenters. The third-order valence-corrected chi connectivity index (χ3v) is 28.0. The quantitative estimate of drug-likeness (QED) is 0.0137. The molecule has 4 saturated carbocycles. The number of fused-ring (bicyclic) bond motifs is 3. The van der Waals surface area contributed by atoms with Crippen LogP contribution < -0.4 is 75.4 Å². The van der Waals surface area contributed by atoms with Crippen molar-refractivity contribution in [3.8, 4) is 65.2 Å². The van der Waals surface area contributed by atoms with Crippen LogP contribution in [0.3, 0.4) is 0 Å². The van der Waals surface area contributed by atoms with Crippen molar-refractivity contribution in [2.24, 2.45) is 53.7 Å². The molecule has 0 spiro atoms. The Bertz CT molecular complexity index is 6670. The highest BCUT2D eigenvalue weighted by Gasteiger charge is 2.57. The molecule has 5 aliphatic heterocycles. The monoisotopic (exact) mass is 2040 g/mol. The first-order chi connectivity index (χ1) is 71.5. The number of aliphatic hydroxyl groups is 1. The minimum absolute atomic E-state index is 0.0328. The summed E-state index contributed by atoms with van der Waals surface area (Å²) in [4.78, 5) is 129. The van der Waals surface area contributed by atoms with Crippen LogP contribution in [0.25, 0.3) is 38.9 Å². The van der Waals surface area contributed by atoms with Gasteiger partial charge in [0.05, 0.1) is 80.0 Å². The number of aryl methyl sites for hydroxylation is 1. The summed E-state index contributed by atoms with van der Waals surface area (Å²) in [5.74, 6) is 2.09. The lowest BCUT2D eigenvalue weighted by Gasteiger charge is -2.37. The van der Waals surface area contributed by atoms with Crippen LogP contribution in [-0.4, -0.2) is 291 Å². The molecule has 4 amide bonds. The van der Waals surface area contributed by atoms with Gasteiger partial charge in [-0.15, -0.1) is 6.42 Å². The average molecular weight is 2040 g/mol. The van der Waals surface area contributed by atoms with E-state index < -0.39 is 53.7 Å². The lowest BCUT2D eigenvalue weighted by Crippen LogP contribution is -2.58. The number of nitrogen functional groups attached to an aromatic ring is 1. The second kappa shape index (κ2) is 45.6. The molecule has 47 heteroatoms. The Morgan fingerprint density at radius 1 is 0.689 bits per heavy atom. The van der Waals surface area contributed by atoms with Crippen LogP contribution in [0.2, 0.25) is 0 Å². The summed E-state index contributed by atoms with van der Waals surface area (Å²) in [5, 5.41) is 35.2. The van der Waals surface area contributed by atoms with Gasteiger partial charge >= 0.3 is 30.2 Å². The Morgan fingerprint density at radius 2 is 1.33 bits per heavy atom. The molecule has 0 aromatic carbocycles. The van der Waals surface area contributed by atoms with Gasteiger partial charge in [0.2, 0.25) is 23.5 Å². The number of ether oxygens (including phenoxy) is 7. The molecule has 21 rings (SSSR count). The number of carbonyl (C=O) groups is 4. The van der Waals surface area contributed by atoms with E-state index in [2.05, 4.69) is 135 Å². The number of halogens is 5. The highest BCUT2D eigenvalue weighted by Crippen LogP contribution is 2.50. The van der Waals surface area contributed by atoms with Crippen molar-refractivity contribution in [1.82, 2.24) is 115 Å². The van der Waals surface area contributed by atoms with E-state index in [0.717, 1.165) is 172 Å². The number of imidazole rings is 1. The number of nitrogens with zero attached hydrogens (tertiary/aromatic N) is 23. The summed E-state index contributed by atoms with van der Waals surface area (Å²) < 4.78 is 106. The predicted octanol–water partition coefficient (Wildman–Crippen LogP) is 9.65. The maximum atomic E-state index is 13.3. The number of amides is 4. The summed E-state index contributed by atoms with van der Waals surface area (Å²) >= 11 is 0. The van der Waals surface area contributed by atoms with Crippen LogP contribution in [0, 0.1) is 64.6 Å². The van der Waals surface area contributed by atoms with Gasteiger partial charge in [-0.3, -0.25) is 29.3 Å². The number of aromatic nitrogens is 19. The molecule has 11 aromatic heterocycles. The standard InChI is InChI=1S/C27H34F2N8O4.C25H26F3N7O3.C25H32N6O3.C24H27N9O2/c1-16(12-38)33-25(39)20-8-23(35-26(34-20)41-14-19-9-27(19,28)29)37-5-3-17(4-6-37)13-40-22-7-18(10-31-24(22)30)21-11-36(2)15-32-21;1-3-24(7-8-24)14-38-23-33-20(21(36)31-13-25(26,27)28)32-22(34-23)35-10-5-15(6-11-35)16-12-30-19-18(16)17(37-2)4-9-29-19;1-16(15-33-2)34-25-28-22(24(32)31-13-18(26)14-31)12-23(29-25)30-10-7-17(8-11-30)19-5-6-21-20(19)4-3-9-27-21;25-11-16-10-17(16)13-35-24-29-21(22(34)27-12-14-3-4-14)28-23(30-24)33-8-5-15(6-9-33)19-18-2-1-7-26-20(18)32-31-19/h7-8,10-11,15-17,19,38H,3-6,9,12-14H2,1-2H3,(H2,30,31)(H,33,39);1,4,9,12,15H,5-8,10-11,13-14H2,2H3,(H,29,30)(H,31,36);3-5,9,12,16-18H,6-8,10-11,13-15,26H2,1-2H3;1-2,7,14-17H,3-6,8-10,12-13H2,(H,27,34)(H,26,31,32)/t16-,19-;;16-;16-,17+/m1.10/s1. The molecule has 10 N–H and O–H groups in total. The second-order valence-corrected chi connectivity index (χ2v) is 39.3. The number of carbonyl (C=O) groups excluding carboxylic acids is 4. The first-order valence-corrected chi connectivity index (χ1v) is 50.0. The average Bonchev–Trinajstić information content (AvgIpc) is 1.61. The van der Waals surface area contributed by atoms with Crippen molar-refractivity contribution in [1.29, 1.82) is 5.26 Å². The van der Waals surface area contributed by atoms with Crippen LogP contribution in [0.1, 0.15) is 180 Å². The van der Waals surface area contributed by atoms with E-state index in [0.29, 0.717) is 112 Å². The van der Waals surface area contributed by atoms with Crippen molar-refractivity contribution >= 4 is 80.6 Å². The highest BCUT2D eigenvalue weighted by atomic mass is 19.4. The van der Waals surface area contributed by atoms with Crippen molar-refractivity contribution in [2.75, 3.05) is 158 Å². The molecule has 42 nitrogen and oxygen atoms in total. The van der Waals surface area contributed by atoms with Crippen LogP contribution in [0.15, 0.2) is 98.1 Å². The van der Waals surface area contributed by atoms with Gasteiger partial charge in [-0.05, 0) is 168 Å². The molecule has 5 saturated heterocycles. The van der Waals surface area contributed by atoms with Crippen molar-refractivity contribution in [3.63, 3.8) is 0 Å². The fourth-order valence-electron chi connectivity index (χ4n) is 18.7. The Kier molecular flexibility index (Phi) is 31.7. The molecule has 5 aliphatic carbocycles. The minimum atomic E-state index is -4.57. The van der Waals surface area contributed by atoms with Crippen molar-refractivity contribution < 1.29 is 79.4 Å². The maximum Gasteiger partial charge on any atom is 0.405 e. The van der Waals surface area contributed by atoms with E-state index in [9.17, 15) is 46.2 Å². The van der Waals surface area contributed by atoms with Gasteiger partial charge in [-0.25, -0.2) is 28.7 Å². The SMILES string of the molecule is C#CC1(COc2nc(C(=O)NCC(F)(F)F)nc(N3CCC(c4c[nH]c5nccc(OC)c45)CC3)n2)CC1.COC[C@@H](C)Oc1nc(C(=O)N2CC(N)C2)cc(N2CCC(C3=CCc4ncccc43)CC2)n1.C[C@H](CO)NC(=O)c1cc(N2CCC(COc3cc(-c4cn(C)cn4)cnc3N)CC2)nc(OC[C@H]2CC2(F)F)n1.N#C[C@@H]1C[C@@H]1COc1nc(C(=O)NCC2CC2)nc(N2CCC(c3[nH]nc4ncccc34)CC2)n1. The number of hydrogen-bond acceptors (Lipinski definition) is 35. The number of H-pyrrole nitrogens is 2. The molecule has 780 valence electrons. The molecule has 10 aliphatic rings. The van der Waals surface area contributed by atoms with Crippen LogP contribution in [0.5, 0.6) is 35.5 Å². The fourth-order valence-corrected chi connectivity index (χ4v) is 18.7. The number of nitrogens with one attached hydrogen (secondary N) is 5. The number of anilines is 5. The number of nitrogens with two attached hydrogens (primary N) is 2. The first-order valence-electron chi connectivity index (χ1n) is 50.0. The number of piperidine rings is 4. The third-order valence-electron chi connectivity index (χ3n) is 28.0. The Morgan fingerprint density at radius 3 is 1.97 bits per heavy atom. The summed E-state index contributed by atoms with van der Waals surface area (Å²) in [6.45, 7) is 10.2. The number of likely N-dealkylation sites (tertiary alicyclic amines) is 1. The van der Waals surface area contributed by atoms with Gasteiger partial charge in [0.1, 0.15) is 60.3 Å². The lowest BCUT2D eigenvalue weighted by atomic mass is 9.86. The van der Waals surface area contributed by atoms with Gasteiger partial charge < -0.3 is 99.7 Å². The van der Waals surface area contributed by atoms with E-state index in [1.165, 1.54) is 16.8 Å². The van der Waals surface area contributed by atoms with E-state index in [1.807, 2.05) is 77.3 Å². The van der Waals surface area contributed by atoms with Crippen LogP contribution in [-0.2, 0) is 18.2 Å². The normalized spacial score (nSPS) is 19.4. The molecular weight excluding hydrogens is 1920 g/mol. The second-order valence-electron chi connectivity index (χ2n) is 39.3. The largest absolute Gasteiger partial charge is 0.496 e. The number of allylic oxidation sites excluding steroid dienone is 2. The van der Waals surface area contributed by atoms with Gasteiger partial charge in [0.15, 0.2) is 17.2 Å². The van der Waals surface area contributed by atoms with Gasteiger partial charge in [0, 0.05) is 189 Å².